The number of rotatable bonds is 2. The van der Waals surface area contributed by atoms with E-state index in [1.165, 1.54) is 5.57 Å². The molecule has 0 saturated carbocycles. The zero-order valence-corrected chi connectivity index (χ0v) is 17.9. The van der Waals surface area contributed by atoms with Crippen molar-refractivity contribution in [2.24, 2.45) is 22.1 Å². The Labute approximate surface area is 169 Å². The van der Waals surface area contributed by atoms with Gasteiger partial charge in [-0.2, -0.15) is 0 Å². The summed E-state index contributed by atoms with van der Waals surface area (Å²) in [6, 6.07) is -0.192. The highest BCUT2D eigenvalue weighted by Crippen LogP contribution is 2.40. The standard InChI is InChI=1S/C23H35N3O2/c1-22(2,3)28-21(27)26-19(16-10-14-25-15-11-16)7-6-18(24)20(26)17-8-12-23(4,5)13-9-17/h6,8,10,14-16,19-20H,7,9,11-13,24H2,1-5H3. The summed E-state index contributed by atoms with van der Waals surface area (Å²) >= 11 is 0. The molecule has 0 spiro atoms. The molecule has 154 valence electrons. The molecule has 2 N–H and O–H groups in total. The zero-order valence-electron chi connectivity index (χ0n) is 17.9. The average Bonchev–Trinajstić information content (AvgIpc) is 2.61. The number of aliphatic imine (C=N–C) groups is 1. The normalized spacial score (nSPS) is 29.9. The van der Waals surface area contributed by atoms with Gasteiger partial charge < -0.3 is 10.5 Å². The van der Waals surface area contributed by atoms with Crippen molar-refractivity contribution in [3.05, 3.63) is 35.7 Å². The van der Waals surface area contributed by atoms with Gasteiger partial charge in [-0.15, -0.1) is 0 Å². The van der Waals surface area contributed by atoms with Crippen molar-refractivity contribution in [2.75, 3.05) is 0 Å². The van der Waals surface area contributed by atoms with E-state index in [2.05, 4.69) is 37.1 Å². The summed E-state index contributed by atoms with van der Waals surface area (Å²) in [4.78, 5) is 19.4. The first kappa shape index (κ1) is 20.7. The maximum absolute atomic E-state index is 13.3. The number of carbonyl (C=O) groups is 1. The minimum atomic E-state index is -0.547. The van der Waals surface area contributed by atoms with E-state index in [1.54, 1.807) is 0 Å². The van der Waals surface area contributed by atoms with Crippen LogP contribution in [0.3, 0.4) is 0 Å². The fourth-order valence-electron chi connectivity index (χ4n) is 4.27. The summed E-state index contributed by atoms with van der Waals surface area (Å²) in [5.74, 6) is 0.220. The monoisotopic (exact) mass is 385 g/mol. The van der Waals surface area contributed by atoms with Crippen LogP contribution in [0, 0.1) is 11.3 Å². The van der Waals surface area contributed by atoms with Crippen LogP contribution in [-0.4, -0.2) is 34.9 Å². The molecule has 3 rings (SSSR count). The highest BCUT2D eigenvalue weighted by Gasteiger charge is 2.42. The summed E-state index contributed by atoms with van der Waals surface area (Å²) in [5, 5.41) is 0. The SMILES string of the molecule is CC1(C)CC=C(C2C(N)=CCC(C3C=CN=CC3)N2C(=O)OC(C)(C)C)CC1. The van der Waals surface area contributed by atoms with Gasteiger partial charge in [0.15, 0.2) is 0 Å². The van der Waals surface area contributed by atoms with E-state index in [0.29, 0.717) is 5.41 Å². The Bertz CT molecular complexity index is 725. The lowest BCUT2D eigenvalue weighted by molar-refractivity contribution is 0.00459. The molecule has 3 unspecified atom stereocenters. The number of hydrogen-bond acceptors (Lipinski definition) is 4. The number of allylic oxidation sites excluding steroid dienone is 1. The Morgan fingerprint density at radius 3 is 2.61 bits per heavy atom. The molecule has 5 heteroatoms. The third-order valence-corrected chi connectivity index (χ3v) is 5.91. The van der Waals surface area contributed by atoms with E-state index in [4.69, 9.17) is 10.5 Å². The van der Waals surface area contributed by atoms with Gasteiger partial charge >= 0.3 is 6.09 Å². The van der Waals surface area contributed by atoms with Crippen LogP contribution < -0.4 is 5.73 Å². The number of ether oxygens (including phenoxy) is 1. The number of nitrogens with two attached hydrogens (primary N) is 1. The summed E-state index contributed by atoms with van der Waals surface area (Å²) in [6.45, 7) is 10.3. The quantitative estimate of drug-likeness (QED) is 0.684. The first-order chi connectivity index (χ1) is 13.1. The Morgan fingerprint density at radius 2 is 2.04 bits per heavy atom. The minimum Gasteiger partial charge on any atom is -0.444 e. The lowest BCUT2D eigenvalue weighted by Crippen LogP contribution is -2.56. The molecule has 2 aliphatic heterocycles. The molecular formula is C23H35N3O2. The van der Waals surface area contributed by atoms with Gasteiger partial charge in [-0.05, 0) is 63.9 Å². The van der Waals surface area contributed by atoms with E-state index in [0.717, 1.165) is 37.8 Å². The van der Waals surface area contributed by atoms with Gasteiger partial charge in [0, 0.05) is 30.1 Å². The van der Waals surface area contributed by atoms with Gasteiger partial charge in [0.2, 0.25) is 0 Å². The second kappa shape index (κ2) is 7.76. The van der Waals surface area contributed by atoms with Crippen molar-refractivity contribution in [3.63, 3.8) is 0 Å². The highest BCUT2D eigenvalue weighted by atomic mass is 16.6. The van der Waals surface area contributed by atoms with Crippen LogP contribution in [0.4, 0.5) is 4.79 Å². The second-order valence-corrected chi connectivity index (χ2v) is 10.0. The molecule has 0 bridgehead atoms. The molecule has 5 nitrogen and oxygen atoms in total. The van der Waals surface area contributed by atoms with Crippen molar-refractivity contribution < 1.29 is 9.53 Å². The molecule has 1 aliphatic carbocycles. The van der Waals surface area contributed by atoms with Crippen molar-refractivity contribution in [1.82, 2.24) is 4.90 Å². The van der Waals surface area contributed by atoms with Crippen LogP contribution in [0.2, 0.25) is 0 Å². The lowest BCUT2D eigenvalue weighted by Gasteiger charge is -2.46. The van der Waals surface area contributed by atoms with Crippen LogP contribution in [0.25, 0.3) is 0 Å². The molecule has 2 heterocycles. The molecule has 0 aromatic rings. The van der Waals surface area contributed by atoms with Crippen molar-refractivity contribution in [2.45, 2.75) is 84.4 Å². The fourth-order valence-corrected chi connectivity index (χ4v) is 4.27. The van der Waals surface area contributed by atoms with E-state index in [-0.39, 0.29) is 24.1 Å². The highest BCUT2D eigenvalue weighted by molar-refractivity contribution is 5.71. The maximum Gasteiger partial charge on any atom is 0.411 e. The van der Waals surface area contributed by atoms with Gasteiger partial charge in [0.1, 0.15) is 5.60 Å². The summed E-state index contributed by atoms with van der Waals surface area (Å²) in [7, 11) is 0. The van der Waals surface area contributed by atoms with E-state index >= 15 is 0 Å². The predicted octanol–water partition coefficient (Wildman–Crippen LogP) is 4.95. The van der Waals surface area contributed by atoms with Crippen LogP contribution in [0.1, 0.15) is 66.7 Å². The Morgan fingerprint density at radius 1 is 1.29 bits per heavy atom. The maximum atomic E-state index is 13.3. The zero-order chi connectivity index (χ0) is 20.5. The molecule has 3 atom stereocenters. The predicted molar refractivity (Wildman–Crippen MR) is 114 cm³/mol. The number of amides is 1. The summed E-state index contributed by atoms with van der Waals surface area (Å²) in [5.41, 5.74) is 8.25. The van der Waals surface area contributed by atoms with Gasteiger partial charge in [0.25, 0.3) is 0 Å². The Hall–Kier alpha value is -2.04. The summed E-state index contributed by atoms with van der Waals surface area (Å²) in [6.07, 6.45) is 14.6. The average molecular weight is 386 g/mol. The molecule has 28 heavy (non-hydrogen) atoms. The number of nitrogens with zero attached hydrogens (tertiary/aromatic N) is 2. The molecule has 1 amide bonds. The van der Waals surface area contributed by atoms with E-state index in [9.17, 15) is 4.79 Å². The van der Waals surface area contributed by atoms with Gasteiger partial charge in [-0.3, -0.25) is 9.89 Å². The van der Waals surface area contributed by atoms with Crippen LogP contribution in [0.15, 0.2) is 40.7 Å². The van der Waals surface area contributed by atoms with Crippen molar-refractivity contribution in [1.29, 1.82) is 0 Å². The van der Waals surface area contributed by atoms with Crippen LogP contribution in [0.5, 0.6) is 0 Å². The summed E-state index contributed by atoms with van der Waals surface area (Å²) < 4.78 is 5.83. The molecule has 0 radical (unpaired) electrons. The molecule has 0 saturated heterocycles. The van der Waals surface area contributed by atoms with E-state index < -0.39 is 5.60 Å². The molecule has 0 aromatic heterocycles. The third-order valence-electron chi connectivity index (χ3n) is 5.91. The third kappa shape index (κ3) is 4.68. The van der Waals surface area contributed by atoms with Crippen molar-refractivity contribution >= 4 is 12.3 Å². The first-order valence-corrected chi connectivity index (χ1v) is 10.4. The number of carbonyl (C=O) groups excluding carboxylic acids is 1. The topological polar surface area (TPSA) is 67.9 Å². The smallest absolute Gasteiger partial charge is 0.411 e. The number of hydrogen-bond donors (Lipinski definition) is 1. The van der Waals surface area contributed by atoms with Gasteiger partial charge in [-0.25, -0.2) is 4.79 Å². The second-order valence-electron chi connectivity index (χ2n) is 10.0. The van der Waals surface area contributed by atoms with Crippen molar-refractivity contribution in [3.8, 4) is 0 Å². The Kier molecular flexibility index (Phi) is 5.74. The van der Waals surface area contributed by atoms with Gasteiger partial charge in [0.05, 0.1) is 6.04 Å². The largest absolute Gasteiger partial charge is 0.444 e. The molecule has 0 aromatic carbocycles. The molecule has 3 aliphatic rings. The lowest BCUT2D eigenvalue weighted by atomic mass is 9.75. The van der Waals surface area contributed by atoms with Crippen LogP contribution in [-0.2, 0) is 4.74 Å². The van der Waals surface area contributed by atoms with Gasteiger partial charge in [-0.1, -0.05) is 32.1 Å². The van der Waals surface area contributed by atoms with E-state index in [1.807, 2.05) is 38.1 Å². The fraction of sp³-hybridized carbons (Fsp3) is 0.652. The molecule has 0 fully saturated rings. The molecular weight excluding hydrogens is 350 g/mol. The minimum absolute atomic E-state index is 0.0194. The first-order valence-electron chi connectivity index (χ1n) is 10.4. The van der Waals surface area contributed by atoms with Crippen LogP contribution >= 0.6 is 0 Å². The Balaban J connectivity index is 1.96.